The van der Waals surface area contributed by atoms with Crippen LogP contribution >= 0.6 is 11.6 Å². The van der Waals surface area contributed by atoms with E-state index in [0.29, 0.717) is 17.3 Å². The first-order valence-corrected chi connectivity index (χ1v) is 16.1. The number of benzene rings is 4. The average Bonchev–Trinajstić information content (AvgIpc) is 3.03. The highest BCUT2D eigenvalue weighted by Crippen LogP contribution is 2.26. The molecule has 224 valence electrons. The topological polar surface area (TPSA) is 86.8 Å². The minimum absolute atomic E-state index is 0.00121. The smallest absolute Gasteiger partial charge is 0.264 e. The SMILES string of the molecule is CCCCNC(=O)[C@H](Cc1ccccc1)N(Cc1ccccc1)C(=O)CN(c1ccccc1)S(=O)(=O)c1ccc(Cl)cc1. The van der Waals surface area contributed by atoms with Crippen molar-refractivity contribution in [2.75, 3.05) is 17.4 Å². The monoisotopic (exact) mass is 617 g/mol. The molecule has 0 aliphatic rings. The average molecular weight is 618 g/mol. The van der Waals surface area contributed by atoms with Crippen molar-refractivity contribution in [2.45, 2.75) is 43.7 Å². The number of amides is 2. The molecule has 0 aliphatic carbocycles. The molecule has 1 atom stereocenters. The Morgan fingerprint density at radius 1 is 0.791 bits per heavy atom. The fraction of sp³-hybridized carbons (Fsp3) is 0.235. The van der Waals surface area contributed by atoms with Crippen LogP contribution in [0.25, 0.3) is 0 Å². The summed E-state index contributed by atoms with van der Waals surface area (Å²) in [4.78, 5) is 29.6. The van der Waals surface area contributed by atoms with Crippen LogP contribution in [-0.4, -0.2) is 44.3 Å². The zero-order valence-electron chi connectivity index (χ0n) is 24.1. The number of halogens is 1. The van der Waals surface area contributed by atoms with Crippen molar-refractivity contribution in [1.29, 1.82) is 0 Å². The second-order valence-corrected chi connectivity index (χ2v) is 12.5. The van der Waals surface area contributed by atoms with Gasteiger partial charge in [0.15, 0.2) is 0 Å². The lowest BCUT2D eigenvalue weighted by atomic mass is 10.0. The molecule has 0 aromatic heterocycles. The van der Waals surface area contributed by atoms with Crippen LogP contribution < -0.4 is 9.62 Å². The Kier molecular flexibility index (Phi) is 11.4. The van der Waals surface area contributed by atoms with E-state index in [-0.39, 0.29) is 23.8 Å². The van der Waals surface area contributed by atoms with Crippen LogP contribution in [0.3, 0.4) is 0 Å². The van der Waals surface area contributed by atoms with Crippen molar-refractivity contribution in [1.82, 2.24) is 10.2 Å². The molecule has 43 heavy (non-hydrogen) atoms. The molecule has 1 N–H and O–H groups in total. The minimum atomic E-state index is -4.17. The largest absolute Gasteiger partial charge is 0.354 e. The molecule has 0 saturated carbocycles. The van der Waals surface area contributed by atoms with Gasteiger partial charge in [-0.05, 0) is 53.9 Å². The predicted molar refractivity (Wildman–Crippen MR) is 171 cm³/mol. The fourth-order valence-corrected chi connectivity index (χ4v) is 6.24. The van der Waals surface area contributed by atoms with Gasteiger partial charge in [-0.3, -0.25) is 13.9 Å². The van der Waals surface area contributed by atoms with E-state index in [0.717, 1.165) is 28.3 Å². The van der Waals surface area contributed by atoms with Gasteiger partial charge in [0.05, 0.1) is 10.6 Å². The van der Waals surface area contributed by atoms with E-state index in [1.165, 1.54) is 29.2 Å². The van der Waals surface area contributed by atoms with Gasteiger partial charge in [0.25, 0.3) is 10.0 Å². The summed E-state index contributed by atoms with van der Waals surface area (Å²) in [7, 11) is -4.17. The number of hydrogen-bond acceptors (Lipinski definition) is 4. The van der Waals surface area contributed by atoms with E-state index >= 15 is 0 Å². The normalized spacial score (nSPS) is 11.9. The van der Waals surface area contributed by atoms with Crippen molar-refractivity contribution >= 4 is 39.1 Å². The van der Waals surface area contributed by atoms with Crippen LogP contribution in [0.15, 0.2) is 120 Å². The summed E-state index contributed by atoms with van der Waals surface area (Å²) < 4.78 is 29.0. The first-order valence-electron chi connectivity index (χ1n) is 14.3. The lowest BCUT2D eigenvalue weighted by Crippen LogP contribution is -2.53. The molecule has 0 unspecified atom stereocenters. The molecule has 4 aromatic rings. The molecule has 7 nitrogen and oxygen atoms in total. The second kappa shape index (κ2) is 15.4. The van der Waals surface area contributed by atoms with Gasteiger partial charge >= 0.3 is 0 Å². The zero-order valence-corrected chi connectivity index (χ0v) is 25.7. The summed E-state index contributed by atoms with van der Waals surface area (Å²) in [6, 6.07) is 32.3. The van der Waals surface area contributed by atoms with E-state index < -0.39 is 28.5 Å². The number of nitrogens with one attached hydrogen (secondary N) is 1. The molecule has 4 aromatic carbocycles. The van der Waals surface area contributed by atoms with Crippen LogP contribution in [0.5, 0.6) is 0 Å². The molecule has 4 rings (SSSR count). The Labute approximate surface area is 259 Å². The van der Waals surface area contributed by atoms with Gasteiger partial charge in [0.1, 0.15) is 12.6 Å². The predicted octanol–water partition coefficient (Wildman–Crippen LogP) is 6.09. The number of unbranched alkanes of at least 4 members (excludes halogenated alkanes) is 1. The summed E-state index contributed by atoms with van der Waals surface area (Å²) in [5.74, 6) is -0.787. The maximum Gasteiger partial charge on any atom is 0.264 e. The van der Waals surface area contributed by atoms with E-state index in [1.807, 2.05) is 67.6 Å². The standard InChI is InChI=1S/C34H36ClN3O4S/c1-2-3-23-36-34(40)32(24-27-13-7-4-8-14-27)37(25-28-15-9-5-10-16-28)33(39)26-38(30-17-11-6-12-18-30)43(41,42)31-21-19-29(35)20-22-31/h4-22,32H,2-3,23-26H2,1H3,(H,36,40)/t32-/m0/s1. The molecule has 0 saturated heterocycles. The Bertz CT molecular complexity index is 1570. The molecule has 9 heteroatoms. The fourth-order valence-electron chi connectivity index (χ4n) is 4.70. The molecule has 2 amide bonds. The molecule has 0 radical (unpaired) electrons. The van der Waals surface area contributed by atoms with Crippen LogP contribution in [0.4, 0.5) is 5.69 Å². The second-order valence-electron chi connectivity index (χ2n) is 10.2. The van der Waals surface area contributed by atoms with E-state index in [9.17, 15) is 18.0 Å². The van der Waals surface area contributed by atoms with Crippen molar-refractivity contribution in [3.8, 4) is 0 Å². The molecule has 0 bridgehead atoms. The van der Waals surface area contributed by atoms with Crippen LogP contribution in [0.1, 0.15) is 30.9 Å². The summed E-state index contributed by atoms with van der Waals surface area (Å²) in [6.45, 7) is 2.14. The van der Waals surface area contributed by atoms with Crippen molar-refractivity contribution < 1.29 is 18.0 Å². The van der Waals surface area contributed by atoms with Gasteiger partial charge in [-0.1, -0.05) is 104 Å². The maximum absolute atomic E-state index is 14.3. The third-order valence-corrected chi connectivity index (χ3v) is 9.06. The Morgan fingerprint density at radius 3 is 1.93 bits per heavy atom. The number of carbonyl (C=O) groups is 2. The summed E-state index contributed by atoms with van der Waals surface area (Å²) >= 11 is 6.03. The number of rotatable bonds is 14. The third-order valence-electron chi connectivity index (χ3n) is 7.02. The van der Waals surface area contributed by atoms with Gasteiger partial charge in [-0.2, -0.15) is 0 Å². The number of hydrogen-bond donors (Lipinski definition) is 1. The quantitative estimate of drug-likeness (QED) is 0.174. The van der Waals surface area contributed by atoms with Gasteiger partial charge in [0, 0.05) is 24.5 Å². The number of carbonyl (C=O) groups excluding carboxylic acids is 2. The molecule has 0 aliphatic heterocycles. The van der Waals surface area contributed by atoms with Crippen molar-refractivity contribution in [3.05, 3.63) is 131 Å². The van der Waals surface area contributed by atoms with E-state index in [2.05, 4.69) is 5.32 Å². The Balaban J connectivity index is 1.75. The minimum Gasteiger partial charge on any atom is -0.354 e. The molecular weight excluding hydrogens is 582 g/mol. The summed E-state index contributed by atoms with van der Waals surface area (Å²) in [5.41, 5.74) is 2.04. The highest BCUT2D eigenvalue weighted by Gasteiger charge is 2.34. The van der Waals surface area contributed by atoms with Gasteiger partial charge < -0.3 is 10.2 Å². The summed E-state index contributed by atoms with van der Waals surface area (Å²) in [6.07, 6.45) is 1.98. The first kappa shape index (κ1) is 31.8. The number of sulfonamides is 1. The van der Waals surface area contributed by atoms with Crippen LogP contribution in [0.2, 0.25) is 5.02 Å². The number of anilines is 1. The molecule has 0 heterocycles. The van der Waals surface area contributed by atoms with Crippen molar-refractivity contribution in [2.24, 2.45) is 0 Å². The molecular formula is C34H36ClN3O4S. The van der Waals surface area contributed by atoms with Gasteiger partial charge in [-0.25, -0.2) is 8.42 Å². The van der Waals surface area contributed by atoms with Gasteiger partial charge in [-0.15, -0.1) is 0 Å². The highest BCUT2D eigenvalue weighted by molar-refractivity contribution is 7.92. The van der Waals surface area contributed by atoms with E-state index in [1.54, 1.807) is 30.3 Å². The van der Waals surface area contributed by atoms with Crippen molar-refractivity contribution in [3.63, 3.8) is 0 Å². The highest BCUT2D eigenvalue weighted by atomic mass is 35.5. The Hall–Kier alpha value is -4.14. The molecule has 0 spiro atoms. The van der Waals surface area contributed by atoms with Crippen LogP contribution in [0, 0.1) is 0 Å². The Morgan fingerprint density at radius 2 is 1.35 bits per heavy atom. The lowest BCUT2D eigenvalue weighted by molar-refractivity contribution is -0.140. The zero-order chi connectivity index (χ0) is 30.7. The van der Waals surface area contributed by atoms with Gasteiger partial charge in [0.2, 0.25) is 11.8 Å². The maximum atomic E-state index is 14.3. The number of para-hydroxylation sites is 1. The van der Waals surface area contributed by atoms with Crippen LogP contribution in [-0.2, 0) is 32.6 Å². The summed E-state index contributed by atoms with van der Waals surface area (Å²) in [5, 5.41) is 3.39. The first-order chi connectivity index (χ1) is 20.8. The lowest BCUT2D eigenvalue weighted by Gasteiger charge is -2.34. The molecule has 0 fully saturated rings. The third kappa shape index (κ3) is 8.69. The van der Waals surface area contributed by atoms with E-state index in [4.69, 9.17) is 11.6 Å². The number of nitrogens with zero attached hydrogens (tertiary/aromatic N) is 2.